The first-order valence-corrected chi connectivity index (χ1v) is 24.1. The summed E-state index contributed by atoms with van der Waals surface area (Å²) in [7, 11) is -7.52. The Labute approximate surface area is 351 Å². The number of imidazole rings is 1. The number of hydrogen-bond donors (Lipinski definition) is 1. The van der Waals surface area contributed by atoms with Gasteiger partial charge in [0.05, 0.1) is 29.0 Å². The summed E-state index contributed by atoms with van der Waals surface area (Å²) in [5.74, 6) is -1.26. The number of anilines is 2. The first-order chi connectivity index (χ1) is 28.0. The SMILES string of the molecule is Cc1cccc2nc(C(C)Nc3nc(N(C(=O)OC(C)(C)C)C(=O)OC(C)(C)C)nc4c3ncn4COCC[Si](C)(C)C)n(-c3cccc(OS(=O)(=O)C(F)(F)F)c3)c(=O)c12. The van der Waals surface area contributed by atoms with Crippen LogP contribution in [0.25, 0.3) is 27.8 Å². The number of aryl methyl sites for hydroxylation is 1. The lowest BCUT2D eigenvalue weighted by Gasteiger charge is -2.28. The number of fused-ring (bicyclic) bond motifs is 2. The molecule has 5 aromatic rings. The number of nitrogens with one attached hydrogen (secondary N) is 1. The van der Waals surface area contributed by atoms with E-state index in [4.69, 9.17) is 19.2 Å². The third kappa shape index (κ3) is 11.2. The van der Waals surface area contributed by atoms with Crippen LogP contribution in [-0.2, 0) is 31.1 Å². The fourth-order valence-electron chi connectivity index (χ4n) is 5.69. The van der Waals surface area contributed by atoms with E-state index in [2.05, 4.69) is 44.1 Å². The summed E-state index contributed by atoms with van der Waals surface area (Å²) in [5, 5.41) is 3.35. The van der Waals surface area contributed by atoms with E-state index in [1.165, 1.54) is 18.5 Å². The molecule has 1 atom stereocenters. The van der Waals surface area contributed by atoms with Gasteiger partial charge in [-0.25, -0.2) is 19.6 Å². The number of ether oxygens (including phenoxy) is 3. The molecular formula is C39H49F3N8O9SSi. The first kappa shape index (κ1) is 46.5. The predicted octanol–water partition coefficient (Wildman–Crippen LogP) is 8.22. The molecule has 0 aliphatic carbocycles. The second-order valence-electron chi connectivity index (χ2n) is 17.3. The Hall–Kier alpha value is -5.61. The van der Waals surface area contributed by atoms with Gasteiger partial charge in [0, 0.05) is 20.7 Å². The van der Waals surface area contributed by atoms with Crippen molar-refractivity contribution in [2.75, 3.05) is 16.8 Å². The Balaban J connectivity index is 1.70. The summed E-state index contributed by atoms with van der Waals surface area (Å²) in [4.78, 5) is 60.9. The molecule has 0 fully saturated rings. The van der Waals surface area contributed by atoms with Gasteiger partial charge in [0.1, 0.15) is 29.5 Å². The Morgan fingerprint density at radius 2 is 1.56 bits per heavy atom. The molecule has 22 heteroatoms. The molecule has 0 aliphatic rings. The molecule has 0 saturated heterocycles. The van der Waals surface area contributed by atoms with E-state index >= 15 is 0 Å². The quantitative estimate of drug-likeness (QED) is 0.0544. The number of carbonyl (C=O) groups excluding carboxylic acids is 2. The number of nitrogens with zero attached hydrogens (tertiary/aromatic N) is 7. The molecule has 3 heterocycles. The minimum absolute atomic E-state index is 0.0150. The lowest BCUT2D eigenvalue weighted by molar-refractivity contribution is -0.0500. The Morgan fingerprint density at radius 3 is 2.15 bits per heavy atom. The normalized spacial score (nSPS) is 13.3. The Kier molecular flexibility index (Phi) is 13.0. The zero-order chi connectivity index (χ0) is 45.5. The highest BCUT2D eigenvalue weighted by molar-refractivity contribution is 7.88. The highest BCUT2D eigenvalue weighted by Gasteiger charge is 2.48. The number of aromatic nitrogens is 6. The number of carbonyl (C=O) groups is 2. The Morgan fingerprint density at radius 1 is 0.934 bits per heavy atom. The van der Waals surface area contributed by atoms with Gasteiger partial charge in [-0.1, -0.05) is 37.8 Å². The van der Waals surface area contributed by atoms with Gasteiger partial charge in [-0.05, 0) is 85.2 Å². The summed E-state index contributed by atoms with van der Waals surface area (Å²) < 4.78 is 87.9. The molecule has 17 nitrogen and oxygen atoms in total. The Bertz CT molecular complexity index is 2610. The monoisotopic (exact) mass is 890 g/mol. The smallest absolute Gasteiger partial charge is 0.443 e. The fourth-order valence-corrected chi connectivity index (χ4v) is 6.90. The average molecular weight is 891 g/mol. The molecule has 0 radical (unpaired) electrons. The molecule has 0 aliphatic heterocycles. The summed E-state index contributed by atoms with van der Waals surface area (Å²) in [5.41, 5.74) is -7.50. The van der Waals surface area contributed by atoms with Crippen molar-refractivity contribution in [2.24, 2.45) is 0 Å². The van der Waals surface area contributed by atoms with Gasteiger partial charge in [-0.2, -0.15) is 31.6 Å². The molecule has 3 aromatic heterocycles. The van der Waals surface area contributed by atoms with Gasteiger partial charge in [-0.3, -0.25) is 13.9 Å². The number of hydrogen-bond acceptors (Lipinski definition) is 14. The van der Waals surface area contributed by atoms with Gasteiger partial charge < -0.3 is 23.7 Å². The number of rotatable bonds is 12. The van der Waals surface area contributed by atoms with E-state index in [0.717, 1.165) is 22.7 Å². The average Bonchev–Trinajstić information content (AvgIpc) is 3.50. The van der Waals surface area contributed by atoms with E-state index in [1.807, 2.05) is 0 Å². The summed E-state index contributed by atoms with van der Waals surface area (Å²) in [6.45, 7) is 20.0. The molecule has 0 saturated carbocycles. The predicted molar refractivity (Wildman–Crippen MR) is 224 cm³/mol. The van der Waals surface area contributed by atoms with Crippen molar-refractivity contribution in [1.29, 1.82) is 0 Å². The van der Waals surface area contributed by atoms with E-state index in [-0.39, 0.29) is 46.1 Å². The van der Waals surface area contributed by atoms with Crippen LogP contribution in [0.4, 0.5) is 34.5 Å². The van der Waals surface area contributed by atoms with E-state index in [1.54, 1.807) is 78.2 Å². The summed E-state index contributed by atoms with van der Waals surface area (Å²) in [6.07, 6.45) is -0.855. The third-order valence-corrected chi connectivity index (χ3v) is 11.2. The lowest BCUT2D eigenvalue weighted by Crippen LogP contribution is -2.44. The maximum absolute atomic E-state index is 14.4. The number of benzene rings is 2. The standard InChI is InChI=1S/C39H49F3N8O9SSi/c1-23-14-12-17-27-28(23)33(51)49(25-15-13-16-26(20-25)59-60(54,55)39(40,41)42)31(45-27)24(2)44-30-29-32(48(21-43-29)22-56-18-19-61(9,10)11)47-34(46-30)50(35(52)57-37(3,4)5)36(53)58-38(6,7)8/h12-17,20-21,24H,18-19,22H2,1-11H3,(H,44,46,47). The molecule has 330 valence electrons. The third-order valence-electron chi connectivity index (χ3n) is 8.47. The minimum atomic E-state index is -6.06. The van der Waals surface area contributed by atoms with Crippen LogP contribution in [0.5, 0.6) is 5.75 Å². The van der Waals surface area contributed by atoms with Crippen LogP contribution in [0, 0.1) is 6.92 Å². The van der Waals surface area contributed by atoms with Gasteiger partial charge in [0.25, 0.3) is 5.56 Å². The van der Waals surface area contributed by atoms with Crippen molar-refractivity contribution in [3.05, 3.63) is 70.5 Å². The summed E-state index contributed by atoms with van der Waals surface area (Å²) >= 11 is 0. The molecular weight excluding hydrogens is 842 g/mol. The van der Waals surface area contributed by atoms with E-state index in [9.17, 15) is 36.0 Å². The maximum atomic E-state index is 14.4. The van der Waals surface area contributed by atoms with E-state index < -0.39 is 70.4 Å². The molecule has 61 heavy (non-hydrogen) atoms. The van der Waals surface area contributed by atoms with Gasteiger partial charge in [0.2, 0.25) is 5.95 Å². The largest absolute Gasteiger partial charge is 0.534 e. The van der Waals surface area contributed by atoms with Crippen molar-refractivity contribution < 1.29 is 49.6 Å². The fraction of sp³-hybridized carbons (Fsp3) is 0.462. The maximum Gasteiger partial charge on any atom is 0.534 e. The minimum Gasteiger partial charge on any atom is -0.443 e. The topological polar surface area (TPSA) is 199 Å². The van der Waals surface area contributed by atoms with Crippen LogP contribution in [0.2, 0.25) is 25.7 Å². The van der Waals surface area contributed by atoms with Gasteiger partial charge in [0.15, 0.2) is 17.0 Å². The van der Waals surface area contributed by atoms with Crippen molar-refractivity contribution >= 4 is 64.2 Å². The molecule has 0 spiro atoms. The summed E-state index contributed by atoms with van der Waals surface area (Å²) in [6, 6.07) is 9.33. The highest BCUT2D eigenvalue weighted by Crippen LogP contribution is 2.31. The van der Waals surface area contributed by atoms with Crippen LogP contribution in [0.15, 0.2) is 53.6 Å². The van der Waals surface area contributed by atoms with Crippen LogP contribution in [-0.4, -0.2) is 81.1 Å². The van der Waals surface area contributed by atoms with E-state index in [0.29, 0.717) is 17.1 Å². The highest BCUT2D eigenvalue weighted by atomic mass is 32.2. The van der Waals surface area contributed by atoms with Crippen LogP contribution in [0.1, 0.15) is 65.9 Å². The molecule has 0 bridgehead atoms. The number of amides is 2. The van der Waals surface area contributed by atoms with Crippen molar-refractivity contribution in [3.63, 3.8) is 0 Å². The lowest BCUT2D eigenvalue weighted by atomic mass is 10.1. The molecule has 5 rings (SSSR count). The van der Waals surface area contributed by atoms with Crippen molar-refractivity contribution in [1.82, 2.24) is 29.1 Å². The van der Waals surface area contributed by atoms with Gasteiger partial charge >= 0.3 is 27.8 Å². The van der Waals surface area contributed by atoms with Gasteiger partial charge in [-0.15, -0.1) is 4.90 Å². The number of imide groups is 1. The first-order valence-electron chi connectivity index (χ1n) is 19.0. The second kappa shape index (κ2) is 17.0. The second-order valence-corrected chi connectivity index (χ2v) is 24.5. The zero-order valence-electron chi connectivity index (χ0n) is 35.7. The molecule has 1 N–H and O–H groups in total. The number of alkyl halides is 3. The zero-order valence-corrected chi connectivity index (χ0v) is 37.5. The number of halogens is 3. The van der Waals surface area contributed by atoms with Crippen LogP contribution >= 0.6 is 0 Å². The van der Waals surface area contributed by atoms with Crippen LogP contribution in [0.3, 0.4) is 0 Å². The van der Waals surface area contributed by atoms with Crippen molar-refractivity contribution in [3.8, 4) is 11.4 Å². The van der Waals surface area contributed by atoms with Crippen molar-refractivity contribution in [2.45, 2.75) is 111 Å². The molecule has 2 amide bonds. The van der Waals surface area contributed by atoms with Crippen LogP contribution < -0.4 is 20.0 Å². The molecule has 1 unspecified atom stereocenters. The molecule has 2 aromatic carbocycles.